The quantitative estimate of drug-likeness (QED) is 0.878. The molecule has 2 N–H and O–H groups in total. The van der Waals surface area contributed by atoms with Crippen molar-refractivity contribution in [2.24, 2.45) is 0 Å². The molecule has 23 heavy (non-hydrogen) atoms. The van der Waals surface area contributed by atoms with Crippen LogP contribution in [0.15, 0.2) is 24.3 Å². The summed E-state index contributed by atoms with van der Waals surface area (Å²) in [7, 11) is 1.65. The molecule has 1 fully saturated rings. The van der Waals surface area contributed by atoms with Crippen molar-refractivity contribution >= 4 is 22.4 Å². The second-order valence-electron chi connectivity index (χ2n) is 5.52. The van der Waals surface area contributed by atoms with Crippen molar-refractivity contribution in [3.8, 4) is 5.75 Å². The summed E-state index contributed by atoms with van der Waals surface area (Å²) in [5, 5.41) is 15.7. The smallest absolute Gasteiger partial charge is 0.243 e. The van der Waals surface area contributed by atoms with Crippen molar-refractivity contribution in [3.05, 3.63) is 34.8 Å². The van der Waals surface area contributed by atoms with Gasteiger partial charge >= 0.3 is 0 Å². The number of piperidine rings is 1. The van der Waals surface area contributed by atoms with Gasteiger partial charge in [0.05, 0.1) is 13.2 Å². The topological polar surface area (TPSA) is 76.1 Å². The number of nitrogens with one attached hydrogen (secondary N) is 2. The van der Waals surface area contributed by atoms with Crippen molar-refractivity contribution in [3.63, 3.8) is 0 Å². The average molecular weight is 332 g/mol. The predicted molar refractivity (Wildman–Crippen MR) is 90.0 cm³/mol. The van der Waals surface area contributed by atoms with Crippen LogP contribution in [0.25, 0.3) is 0 Å². The number of aromatic nitrogens is 2. The molecule has 2 heterocycles. The summed E-state index contributed by atoms with van der Waals surface area (Å²) in [6, 6.07) is 7.74. The van der Waals surface area contributed by atoms with Crippen LogP contribution in [-0.2, 0) is 11.2 Å². The van der Waals surface area contributed by atoms with Crippen LogP contribution in [0, 0.1) is 0 Å². The Morgan fingerprint density at radius 1 is 1.43 bits per heavy atom. The molecule has 0 bridgehead atoms. The van der Waals surface area contributed by atoms with Crippen molar-refractivity contribution in [1.29, 1.82) is 0 Å². The zero-order chi connectivity index (χ0) is 16.1. The van der Waals surface area contributed by atoms with E-state index < -0.39 is 0 Å². The molecular weight excluding hydrogens is 312 g/mol. The number of benzene rings is 1. The van der Waals surface area contributed by atoms with Crippen LogP contribution in [0.4, 0.5) is 5.13 Å². The molecule has 0 radical (unpaired) electrons. The second-order valence-corrected chi connectivity index (χ2v) is 6.58. The third kappa shape index (κ3) is 4.27. The molecule has 1 unspecified atom stereocenters. The Morgan fingerprint density at radius 3 is 3.13 bits per heavy atom. The molecular formula is C16H20N4O2S. The van der Waals surface area contributed by atoms with Gasteiger partial charge in [-0.05, 0) is 37.1 Å². The molecule has 1 amide bonds. The van der Waals surface area contributed by atoms with E-state index in [1.54, 1.807) is 7.11 Å². The van der Waals surface area contributed by atoms with Crippen LogP contribution in [0.1, 0.15) is 29.8 Å². The van der Waals surface area contributed by atoms with Crippen molar-refractivity contribution in [2.45, 2.75) is 31.7 Å². The fourth-order valence-corrected chi connectivity index (χ4v) is 3.38. The van der Waals surface area contributed by atoms with E-state index in [9.17, 15) is 4.79 Å². The maximum absolute atomic E-state index is 12.2. The van der Waals surface area contributed by atoms with Gasteiger partial charge in [0.1, 0.15) is 10.8 Å². The number of hydrogen-bond acceptors (Lipinski definition) is 6. The van der Waals surface area contributed by atoms with Crippen LogP contribution in [0.3, 0.4) is 0 Å². The van der Waals surface area contributed by atoms with Crippen LogP contribution in [0.2, 0.25) is 0 Å². The Labute approximate surface area is 139 Å². The molecule has 6 nitrogen and oxygen atoms in total. The minimum atomic E-state index is -0.116. The normalized spacial score (nSPS) is 17.7. The number of carbonyl (C=O) groups excluding carboxylic acids is 1. The van der Waals surface area contributed by atoms with E-state index in [2.05, 4.69) is 20.8 Å². The summed E-state index contributed by atoms with van der Waals surface area (Å²) in [5.41, 5.74) is 1.10. The number of hydrogen-bond donors (Lipinski definition) is 2. The highest BCUT2D eigenvalue weighted by Gasteiger charge is 2.21. The lowest BCUT2D eigenvalue weighted by molar-refractivity contribution is -0.118. The summed E-state index contributed by atoms with van der Waals surface area (Å²) < 4.78 is 5.22. The molecule has 1 aromatic carbocycles. The molecule has 1 aliphatic heterocycles. The first-order chi connectivity index (χ1) is 11.2. The fraction of sp³-hybridized carbons (Fsp3) is 0.438. The second kappa shape index (κ2) is 7.52. The van der Waals surface area contributed by atoms with Gasteiger partial charge in [0.25, 0.3) is 0 Å². The molecule has 1 aliphatic rings. The third-order valence-electron chi connectivity index (χ3n) is 3.81. The van der Waals surface area contributed by atoms with Crippen molar-refractivity contribution in [1.82, 2.24) is 15.5 Å². The molecule has 7 heteroatoms. The summed E-state index contributed by atoms with van der Waals surface area (Å²) in [6.07, 6.45) is 3.77. The Balaban J connectivity index is 1.60. The van der Waals surface area contributed by atoms with Gasteiger partial charge in [0.2, 0.25) is 11.0 Å². The van der Waals surface area contributed by atoms with Gasteiger partial charge in [-0.3, -0.25) is 10.1 Å². The zero-order valence-electron chi connectivity index (χ0n) is 13.0. The Morgan fingerprint density at radius 2 is 2.35 bits per heavy atom. The monoisotopic (exact) mass is 332 g/mol. The van der Waals surface area contributed by atoms with Gasteiger partial charge in [-0.1, -0.05) is 29.9 Å². The van der Waals surface area contributed by atoms with Crippen molar-refractivity contribution < 1.29 is 9.53 Å². The Hall–Kier alpha value is -1.99. The van der Waals surface area contributed by atoms with Crippen LogP contribution in [-0.4, -0.2) is 35.8 Å². The van der Waals surface area contributed by atoms with Gasteiger partial charge in [-0.2, -0.15) is 0 Å². The third-order valence-corrected chi connectivity index (χ3v) is 4.65. The SMILES string of the molecule is COc1cccc(Cc2nnc(NC(=O)C3CCCCN3)s2)c1. The average Bonchev–Trinajstić information content (AvgIpc) is 3.02. The summed E-state index contributed by atoms with van der Waals surface area (Å²) in [4.78, 5) is 12.2. The van der Waals surface area contributed by atoms with E-state index in [0.717, 1.165) is 42.1 Å². The minimum absolute atomic E-state index is 0.0196. The number of rotatable bonds is 5. The highest BCUT2D eigenvalue weighted by atomic mass is 32.1. The minimum Gasteiger partial charge on any atom is -0.497 e. The number of amides is 1. The van der Waals surface area contributed by atoms with E-state index in [-0.39, 0.29) is 11.9 Å². The number of carbonyl (C=O) groups is 1. The van der Waals surface area contributed by atoms with E-state index in [1.165, 1.54) is 11.3 Å². The lowest BCUT2D eigenvalue weighted by atomic mass is 10.0. The van der Waals surface area contributed by atoms with Gasteiger partial charge in [-0.15, -0.1) is 10.2 Å². The fourth-order valence-electron chi connectivity index (χ4n) is 2.60. The number of ether oxygens (including phenoxy) is 1. The molecule has 122 valence electrons. The zero-order valence-corrected chi connectivity index (χ0v) is 13.9. The first-order valence-electron chi connectivity index (χ1n) is 7.74. The molecule has 0 spiro atoms. The molecule has 3 rings (SSSR count). The van der Waals surface area contributed by atoms with E-state index in [1.807, 2.05) is 24.3 Å². The predicted octanol–water partition coefficient (Wildman–Crippen LogP) is 2.22. The Bertz CT molecular complexity index is 668. The van der Waals surface area contributed by atoms with Crippen LogP contribution >= 0.6 is 11.3 Å². The summed E-state index contributed by atoms with van der Waals surface area (Å²) in [5.74, 6) is 0.803. The van der Waals surface area contributed by atoms with Gasteiger partial charge in [-0.25, -0.2) is 0 Å². The number of nitrogens with zero attached hydrogens (tertiary/aromatic N) is 2. The van der Waals surface area contributed by atoms with Crippen LogP contribution < -0.4 is 15.4 Å². The molecule has 1 saturated heterocycles. The molecule has 2 aromatic rings. The molecule has 0 saturated carbocycles. The lowest BCUT2D eigenvalue weighted by Crippen LogP contribution is -2.43. The summed E-state index contributed by atoms with van der Waals surface area (Å²) in [6.45, 7) is 0.898. The number of anilines is 1. The van der Waals surface area contributed by atoms with Gasteiger partial charge in [0.15, 0.2) is 0 Å². The van der Waals surface area contributed by atoms with E-state index >= 15 is 0 Å². The van der Waals surface area contributed by atoms with Gasteiger partial charge < -0.3 is 10.1 Å². The first-order valence-corrected chi connectivity index (χ1v) is 8.56. The van der Waals surface area contributed by atoms with Gasteiger partial charge in [0, 0.05) is 6.42 Å². The first kappa shape index (κ1) is 15.9. The van der Waals surface area contributed by atoms with Crippen LogP contribution in [0.5, 0.6) is 5.75 Å². The Kier molecular flexibility index (Phi) is 5.19. The van der Waals surface area contributed by atoms with E-state index in [4.69, 9.17) is 4.74 Å². The lowest BCUT2D eigenvalue weighted by Gasteiger charge is -2.21. The largest absolute Gasteiger partial charge is 0.497 e. The molecule has 0 aliphatic carbocycles. The maximum atomic E-state index is 12.2. The number of methoxy groups -OCH3 is 1. The standard InChI is InChI=1S/C16H20N4O2S/c1-22-12-6-4-5-11(9-12)10-14-19-20-16(23-14)18-15(21)13-7-2-3-8-17-13/h4-6,9,13,17H,2-3,7-8,10H2,1H3,(H,18,20,21). The maximum Gasteiger partial charge on any atom is 0.243 e. The molecule has 1 atom stereocenters. The highest BCUT2D eigenvalue weighted by Crippen LogP contribution is 2.21. The van der Waals surface area contributed by atoms with Crippen molar-refractivity contribution in [2.75, 3.05) is 19.0 Å². The van der Waals surface area contributed by atoms with E-state index in [0.29, 0.717) is 11.6 Å². The highest BCUT2D eigenvalue weighted by molar-refractivity contribution is 7.15. The summed E-state index contributed by atoms with van der Waals surface area (Å²) >= 11 is 1.41. The molecule has 1 aromatic heterocycles.